The standard InChI is InChI=1S/C27H44O3/c1-16-10-12-27(29-15-16)17(2)24-22(30-27)13-21-19-9-8-18-7-5-6-11-25(18,3)20(19)14-23(28)26(21,24)4/h16-24,28H,5-15H2,1-4H3/t16-,17+,18-,19-,20-,21-,22-,23+,24+,25+,26-,27-/m1/s1. The first-order valence-corrected chi connectivity index (χ1v) is 13.3. The van der Waals surface area contributed by atoms with Crippen molar-refractivity contribution in [2.24, 2.45) is 52.3 Å². The molecule has 0 aromatic heterocycles. The van der Waals surface area contributed by atoms with E-state index in [0.29, 0.717) is 29.1 Å². The highest BCUT2D eigenvalue weighted by molar-refractivity contribution is 5.17. The third kappa shape index (κ3) is 2.49. The fourth-order valence-corrected chi connectivity index (χ4v) is 10.3. The summed E-state index contributed by atoms with van der Waals surface area (Å²) in [5, 5.41) is 11.8. The summed E-state index contributed by atoms with van der Waals surface area (Å²) in [4.78, 5) is 0. The molecule has 0 aromatic carbocycles. The zero-order valence-corrected chi connectivity index (χ0v) is 19.7. The van der Waals surface area contributed by atoms with E-state index in [1.54, 1.807) is 0 Å². The molecule has 2 aliphatic heterocycles. The molecule has 170 valence electrons. The molecule has 30 heavy (non-hydrogen) atoms. The Hall–Kier alpha value is -0.120. The summed E-state index contributed by atoms with van der Waals surface area (Å²) >= 11 is 0. The predicted octanol–water partition coefficient (Wildman–Crippen LogP) is 5.79. The maximum atomic E-state index is 11.8. The Labute approximate surface area is 183 Å². The van der Waals surface area contributed by atoms with E-state index in [4.69, 9.17) is 9.47 Å². The third-order valence-electron chi connectivity index (χ3n) is 12.0. The van der Waals surface area contributed by atoms with Crippen LogP contribution in [0.25, 0.3) is 0 Å². The Bertz CT molecular complexity index is 684. The van der Waals surface area contributed by atoms with Crippen LogP contribution >= 0.6 is 0 Å². The molecule has 3 heteroatoms. The summed E-state index contributed by atoms with van der Waals surface area (Å²) in [6.45, 7) is 10.5. The maximum Gasteiger partial charge on any atom is 0.171 e. The van der Waals surface area contributed by atoms with Crippen molar-refractivity contribution in [1.29, 1.82) is 0 Å². The highest BCUT2D eigenvalue weighted by Crippen LogP contribution is 2.71. The number of aliphatic hydroxyl groups is 1. The SMILES string of the molecule is C[C@@H]1CC[C@@]2(OC1)O[C@@H]1C[C@@H]3[C@@H]4CC[C@H]5CCCC[C@]5(C)[C@@H]4C[C@H](O)[C@]3(C)[C@H]1[C@@H]2C. The second-order valence-corrected chi connectivity index (χ2v) is 13.0. The molecule has 6 aliphatic rings. The van der Waals surface area contributed by atoms with Crippen LogP contribution in [-0.4, -0.2) is 29.7 Å². The average Bonchev–Trinajstić information content (AvgIpc) is 3.17. The summed E-state index contributed by atoms with van der Waals surface area (Å²) in [6, 6.07) is 0. The van der Waals surface area contributed by atoms with Crippen molar-refractivity contribution < 1.29 is 14.6 Å². The van der Waals surface area contributed by atoms with Gasteiger partial charge >= 0.3 is 0 Å². The average molecular weight is 417 g/mol. The van der Waals surface area contributed by atoms with E-state index in [2.05, 4.69) is 27.7 Å². The number of ether oxygens (including phenoxy) is 2. The molecule has 4 saturated carbocycles. The number of rotatable bonds is 0. The van der Waals surface area contributed by atoms with Crippen molar-refractivity contribution >= 4 is 0 Å². The molecule has 4 aliphatic carbocycles. The van der Waals surface area contributed by atoms with Gasteiger partial charge in [0.05, 0.1) is 18.8 Å². The van der Waals surface area contributed by atoms with Crippen LogP contribution in [0.5, 0.6) is 0 Å². The van der Waals surface area contributed by atoms with Crippen LogP contribution in [0.1, 0.15) is 91.9 Å². The van der Waals surface area contributed by atoms with Gasteiger partial charge in [0.1, 0.15) is 0 Å². The number of hydrogen-bond donors (Lipinski definition) is 1. The lowest BCUT2D eigenvalue weighted by Crippen LogP contribution is -2.59. The Morgan fingerprint density at radius 1 is 0.900 bits per heavy atom. The van der Waals surface area contributed by atoms with Gasteiger partial charge in [0.25, 0.3) is 0 Å². The lowest BCUT2D eigenvalue weighted by Gasteiger charge is -2.62. The second kappa shape index (κ2) is 6.70. The van der Waals surface area contributed by atoms with Crippen molar-refractivity contribution in [3.8, 4) is 0 Å². The van der Waals surface area contributed by atoms with Crippen LogP contribution in [0.2, 0.25) is 0 Å². The molecule has 1 N–H and O–H groups in total. The molecular formula is C27H44O3. The van der Waals surface area contributed by atoms with Gasteiger partial charge in [-0.2, -0.15) is 0 Å². The van der Waals surface area contributed by atoms with Crippen LogP contribution in [0.4, 0.5) is 0 Å². The highest BCUT2D eigenvalue weighted by Gasteiger charge is 2.71. The van der Waals surface area contributed by atoms with E-state index in [-0.39, 0.29) is 23.4 Å². The van der Waals surface area contributed by atoms with Gasteiger partial charge in [0.15, 0.2) is 5.79 Å². The highest BCUT2D eigenvalue weighted by atomic mass is 16.7. The van der Waals surface area contributed by atoms with Gasteiger partial charge in [-0.1, -0.05) is 40.5 Å². The largest absolute Gasteiger partial charge is 0.393 e. The summed E-state index contributed by atoms with van der Waals surface area (Å²) in [5.74, 6) is 4.15. The van der Waals surface area contributed by atoms with E-state index in [1.165, 1.54) is 44.9 Å². The zero-order chi connectivity index (χ0) is 20.9. The molecule has 3 nitrogen and oxygen atoms in total. The number of fused-ring (bicyclic) bond motifs is 7. The molecule has 0 amide bonds. The van der Waals surface area contributed by atoms with Gasteiger partial charge in [-0.15, -0.1) is 0 Å². The van der Waals surface area contributed by atoms with E-state index >= 15 is 0 Å². The normalized spacial score (nSPS) is 62.5. The van der Waals surface area contributed by atoms with E-state index < -0.39 is 0 Å². The Kier molecular flexibility index (Phi) is 4.58. The Balaban J connectivity index is 1.31. The quantitative estimate of drug-likeness (QED) is 0.543. The number of aliphatic hydroxyl groups excluding tert-OH is 1. The summed E-state index contributed by atoms with van der Waals surface area (Å²) in [5.41, 5.74) is 0.469. The van der Waals surface area contributed by atoms with E-state index in [0.717, 1.165) is 43.6 Å². The van der Waals surface area contributed by atoms with E-state index in [1.807, 2.05) is 0 Å². The minimum Gasteiger partial charge on any atom is -0.393 e. The zero-order valence-electron chi connectivity index (χ0n) is 19.7. The molecule has 2 saturated heterocycles. The Morgan fingerprint density at radius 2 is 1.73 bits per heavy atom. The molecular weight excluding hydrogens is 372 g/mol. The monoisotopic (exact) mass is 416 g/mol. The van der Waals surface area contributed by atoms with Crippen molar-refractivity contribution in [2.75, 3.05) is 6.61 Å². The summed E-state index contributed by atoms with van der Waals surface area (Å²) in [6.07, 6.45) is 13.0. The topological polar surface area (TPSA) is 38.7 Å². The fraction of sp³-hybridized carbons (Fsp3) is 1.00. The molecule has 2 heterocycles. The first-order valence-electron chi connectivity index (χ1n) is 13.3. The maximum absolute atomic E-state index is 11.8. The van der Waals surface area contributed by atoms with Crippen molar-refractivity contribution in [3.63, 3.8) is 0 Å². The predicted molar refractivity (Wildman–Crippen MR) is 118 cm³/mol. The van der Waals surface area contributed by atoms with Crippen LogP contribution in [0.3, 0.4) is 0 Å². The van der Waals surface area contributed by atoms with Gasteiger partial charge in [-0.25, -0.2) is 0 Å². The van der Waals surface area contributed by atoms with Crippen molar-refractivity contribution in [1.82, 2.24) is 0 Å². The number of hydrogen-bond acceptors (Lipinski definition) is 3. The van der Waals surface area contributed by atoms with Crippen LogP contribution in [0, 0.1) is 52.3 Å². The van der Waals surface area contributed by atoms with Gasteiger partial charge in [0, 0.05) is 23.7 Å². The van der Waals surface area contributed by atoms with Crippen LogP contribution in [0.15, 0.2) is 0 Å². The van der Waals surface area contributed by atoms with Crippen LogP contribution < -0.4 is 0 Å². The minimum absolute atomic E-state index is 0.000956. The summed E-state index contributed by atoms with van der Waals surface area (Å²) in [7, 11) is 0. The molecule has 6 rings (SSSR count). The molecule has 1 spiro atoms. The van der Waals surface area contributed by atoms with Gasteiger partial charge in [-0.05, 0) is 80.0 Å². The first-order chi connectivity index (χ1) is 14.3. The van der Waals surface area contributed by atoms with Crippen molar-refractivity contribution in [2.45, 2.75) is 110 Å². The van der Waals surface area contributed by atoms with E-state index in [9.17, 15) is 5.11 Å². The van der Waals surface area contributed by atoms with Gasteiger partial charge in [-0.3, -0.25) is 0 Å². The summed E-state index contributed by atoms with van der Waals surface area (Å²) < 4.78 is 13.3. The minimum atomic E-state index is -0.376. The second-order valence-electron chi connectivity index (χ2n) is 13.0. The molecule has 12 atom stereocenters. The molecule has 0 bridgehead atoms. The molecule has 6 fully saturated rings. The smallest absolute Gasteiger partial charge is 0.171 e. The fourth-order valence-electron chi connectivity index (χ4n) is 10.3. The first kappa shape index (κ1) is 20.5. The molecule has 0 aromatic rings. The Morgan fingerprint density at radius 3 is 2.50 bits per heavy atom. The third-order valence-corrected chi connectivity index (χ3v) is 12.0. The van der Waals surface area contributed by atoms with Gasteiger partial charge in [0.2, 0.25) is 0 Å². The van der Waals surface area contributed by atoms with Gasteiger partial charge < -0.3 is 14.6 Å². The lowest BCUT2D eigenvalue weighted by molar-refractivity contribution is -0.274. The van der Waals surface area contributed by atoms with Crippen molar-refractivity contribution in [3.05, 3.63) is 0 Å². The molecule has 0 radical (unpaired) electrons. The molecule has 0 unspecified atom stereocenters. The van der Waals surface area contributed by atoms with Crippen LogP contribution in [-0.2, 0) is 9.47 Å². The lowest BCUT2D eigenvalue weighted by atomic mass is 9.44.